The molecule has 1 aliphatic rings. The minimum Gasteiger partial charge on any atom is -0.829 e. The first kappa shape index (κ1) is 17.1. The Kier molecular flexibility index (Phi) is 5.38. The molecule has 22 heavy (non-hydrogen) atoms. The minimum atomic E-state index is -1.81. The summed E-state index contributed by atoms with van der Waals surface area (Å²) in [6.07, 6.45) is -6.02. The van der Waals surface area contributed by atoms with E-state index in [1.54, 1.807) is 0 Å². The molecule has 0 bridgehead atoms. The molecule has 2 rings (SSSR count). The third-order valence-corrected chi connectivity index (χ3v) is 3.84. The highest BCUT2D eigenvalue weighted by molar-refractivity contribution is 6.30. The van der Waals surface area contributed by atoms with Crippen molar-refractivity contribution in [2.75, 3.05) is 11.5 Å². The number of hydrogen-bond donors (Lipinski definition) is 3. The topological polar surface area (TPSA) is 113 Å². The Labute approximate surface area is 132 Å². The quantitative estimate of drug-likeness (QED) is 0.646. The largest absolute Gasteiger partial charge is 0.829 e. The smallest absolute Gasteiger partial charge is 0.224 e. The summed E-state index contributed by atoms with van der Waals surface area (Å²) in [7, 11) is 0. The molecular formula is C14H17ClNO6-. The number of nitrogens with zero attached hydrogens (tertiary/aromatic N) is 1. The fourth-order valence-corrected chi connectivity index (χ4v) is 2.63. The third-order valence-electron chi connectivity index (χ3n) is 3.59. The van der Waals surface area contributed by atoms with E-state index in [0.717, 1.165) is 4.90 Å². The van der Waals surface area contributed by atoms with Gasteiger partial charge in [-0.1, -0.05) is 11.6 Å². The third kappa shape index (κ3) is 3.24. The maximum Gasteiger partial charge on any atom is 0.224 e. The first-order valence-corrected chi connectivity index (χ1v) is 7.08. The Bertz CT molecular complexity index is 525. The van der Waals surface area contributed by atoms with Gasteiger partial charge in [0.05, 0.1) is 12.6 Å². The summed E-state index contributed by atoms with van der Waals surface area (Å²) in [5, 5.41) is 41.8. The fourth-order valence-electron chi connectivity index (χ4n) is 2.51. The number of benzene rings is 1. The van der Waals surface area contributed by atoms with Crippen LogP contribution in [0.5, 0.6) is 0 Å². The predicted octanol–water partition coefficient (Wildman–Crippen LogP) is -1.14. The zero-order valence-corrected chi connectivity index (χ0v) is 12.6. The summed E-state index contributed by atoms with van der Waals surface area (Å²) >= 11 is 5.79. The van der Waals surface area contributed by atoms with E-state index in [0.29, 0.717) is 10.7 Å². The van der Waals surface area contributed by atoms with Gasteiger partial charge in [-0.25, -0.2) is 0 Å². The molecule has 0 spiro atoms. The van der Waals surface area contributed by atoms with Crippen molar-refractivity contribution >= 4 is 23.2 Å². The van der Waals surface area contributed by atoms with E-state index in [9.17, 15) is 20.1 Å². The first-order chi connectivity index (χ1) is 10.4. The molecule has 1 aromatic rings. The fraction of sp³-hybridized carbons (Fsp3) is 0.500. The van der Waals surface area contributed by atoms with Crippen molar-refractivity contribution in [3.8, 4) is 0 Å². The van der Waals surface area contributed by atoms with E-state index in [1.165, 1.54) is 31.2 Å². The van der Waals surface area contributed by atoms with Gasteiger partial charge in [0.25, 0.3) is 0 Å². The van der Waals surface area contributed by atoms with E-state index in [4.69, 9.17) is 21.4 Å². The maximum absolute atomic E-state index is 12.2. The van der Waals surface area contributed by atoms with Crippen molar-refractivity contribution in [1.82, 2.24) is 0 Å². The van der Waals surface area contributed by atoms with Crippen LogP contribution in [0.1, 0.15) is 6.92 Å². The highest BCUT2D eigenvalue weighted by Crippen LogP contribution is 2.28. The minimum absolute atomic E-state index is 0.347. The van der Waals surface area contributed by atoms with Crippen molar-refractivity contribution in [1.29, 1.82) is 0 Å². The standard InChI is InChI=1S/C14H17ClNO6/c1-7(18)16(9-4-2-8(15)3-5-9)11-13(20)12(19)10(6-17)22-14(11)21/h2-5,10-14,17,19-20H,6H2,1H3/q-1/t10-,11-,12-,13-,14-/m1/s1. The van der Waals surface area contributed by atoms with Crippen LogP contribution in [0.25, 0.3) is 0 Å². The maximum atomic E-state index is 12.2. The molecule has 1 amide bonds. The molecule has 0 saturated carbocycles. The van der Waals surface area contributed by atoms with Crippen LogP contribution in [0.3, 0.4) is 0 Å². The van der Waals surface area contributed by atoms with Gasteiger partial charge in [0.1, 0.15) is 18.3 Å². The molecule has 0 aromatic heterocycles. The van der Waals surface area contributed by atoms with E-state index in [-0.39, 0.29) is 0 Å². The highest BCUT2D eigenvalue weighted by Gasteiger charge is 2.43. The van der Waals surface area contributed by atoms with Crippen LogP contribution < -0.4 is 10.0 Å². The summed E-state index contributed by atoms with van der Waals surface area (Å²) in [5.41, 5.74) is 0.347. The average molecular weight is 331 g/mol. The zero-order chi connectivity index (χ0) is 16.4. The number of aliphatic hydroxyl groups excluding tert-OH is 3. The second-order valence-corrected chi connectivity index (χ2v) is 5.50. The van der Waals surface area contributed by atoms with Crippen molar-refractivity contribution in [2.45, 2.75) is 37.6 Å². The lowest BCUT2D eigenvalue weighted by Crippen LogP contribution is -2.68. The molecule has 7 nitrogen and oxygen atoms in total. The lowest BCUT2D eigenvalue weighted by atomic mass is 9.95. The Hall–Kier alpha value is -1.22. The van der Waals surface area contributed by atoms with Crippen molar-refractivity contribution in [3.63, 3.8) is 0 Å². The molecule has 0 unspecified atom stereocenters. The van der Waals surface area contributed by atoms with Gasteiger partial charge in [0, 0.05) is 23.9 Å². The summed E-state index contributed by atoms with van der Waals surface area (Å²) in [4.78, 5) is 13.0. The number of hydrogen-bond acceptors (Lipinski definition) is 6. The number of carbonyl (C=O) groups excluding carboxylic acids is 1. The van der Waals surface area contributed by atoms with E-state index in [2.05, 4.69) is 0 Å². The van der Waals surface area contributed by atoms with E-state index in [1.807, 2.05) is 0 Å². The molecule has 3 N–H and O–H groups in total. The normalized spacial score (nSPS) is 31.8. The summed E-state index contributed by atoms with van der Waals surface area (Å²) < 4.78 is 4.97. The summed E-state index contributed by atoms with van der Waals surface area (Å²) in [6, 6.07) is 4.80. The molecule has 1 aliphatic heterocycles. The van der Waals surface area contributed by atoms with Crippen LogP contribution in [-0.4, -0.2) is 58.5 Å². The van der Waals surface area contributed by atoms with Crippen LogP contribution in [-0.2, 0) is 9.53 Å². The van der Waals surface area contributed by atoms with Gasteiger partial charge in [-0.2, -0.15) is 0 Å². The van der Waals surface area contributed by atoms with Crippen LogP contribution in [0.2, 0.25) is 5.02 Å². The van der Waals surface area contributed by atoms with Gasteiger partial charge < -0.3 is 30.1 Å². The lowest BCUT2D eigenvalue weighted by Gasteiger charge is -2.49. The van der Waals surface area contributed by atoms with E-state index < -0.39 is 43.2 Å². The highest BCUT2D eigenvalue weighted by atomic mass is 35.5. The first-order valence-electron chi connectivity index (χ1n) is 6.70. The van der Waals surface area contributed by atoms with Crippen LogP contribution in [0.15, 0.2) is 24.3 Å². The molecular weight excluding hydrogens is 314 g/mol. The van der Waals surface area contributed by atoms with Crippen molar-refractivity contribution < 1.29 is 30.0 Å². The molecule has 8 heteroatoms. The molecule has 122 valence electrons. The van der Waals surface area contributed by atoms with Gasteiger partial charge in [-0.05, 0) is 24.3 Å². The number of rotatable bonds is 3. The Morgan fingerprint density at radius 2 is 1.91 bits per heavy atom. The Morgan fingerprint density at radius 3 is 2.41 bits per heavy atom. The van der Waals surface area contributed by atoms with Crippen molar-refractivity contribution in [3.05, 3.63) is 29.3 Å². The Balaban J connectivity index is 2.35. The molecule has 1 fully saturated rings. The molecule has 0 aliphatic carbocycles. The average Bonchev–Trinajstić information content (AvgIpc) is 2.48. The summed E-state index contributed by atoms with van der Waals surface area (Å²) in [6.45, 7) is 0.628. The number of carbonyl (C=O) groups is 1. The van der Waals surface area contributed by atoms with Crippen molar-refractivity contribution in [2.24, 2.45) is 0 Å². The van der Waals surface area contributed by atoms with Gasteiger partial charge in [0.15, 0.2) is 0 Å². The molecule has 0 radical (unpaired) electrons. The molecule has 1 saturated heterocycles. The second kappa shape index (κ2) is 6.91. The molecule has 5 atom stereocenters. The van der Waals surface area contributed by atoms with Crippen LogP contribution in [0, 0.1) is 0 Å². The SMILES string of the molecule is CC(=O)N(c1ccc(Cl)cc1)[C@@H]1[C@@H](O)[C@H](O)[C@@H](CO)O[C@H]1[O-]. The Morgan fingerprint density at radius 1 is 1.32 bits per heavy atom. The van der Waals surface area contributed by atoms with Gasteiger partial charge in [0.2, 0.25) is 5.91 Å². The van der Waals surface area contributed by atoms with E-state index >= 15 is 0 Å². The summed E-state index contributed by atoms with van der Waals surface area (Å²) in [5.74, 6) is -0.495. The van der Waals surface area contributed by atoms with Gasteiger partial charge >= 0.3 is 0 Å². The predicted molar refractivity (Wildman–Crippen MR) is 76.2 cm³/mol. The van der Waals surface area contributed by atoms with Gasteiger partial charge in [-0.3, -0.25) is 4.79 Å². The number of ether oxygens (including phenoxy) is 1. The number of halogens is 1. The van der Waals surface area contributed by atoms with Crippen LogP contribution in [0.4, 0.5) is 5.69 Å². The monoisotopic (exact) mass is 330 g/mol. The molecule has 1 aromatic carbocycles. The van der Waals surface area contributed by atoms with Gasteiger partial charge in [-0.15, -0.1) is 0 Å². The molecule has 1 heterocycles. The lowest BCUT2D eigenvalue weighted by molar-refractivity contribution is -0.517. The number of amides is 1. The number of aliphatic hydroxyl groups is 3. The van der Waals surface area contributed by atoms with Crippen LogP contribution >= 0.6 is 11.6 Å². The zero-order valence-electron chi connectivity index (χ0n) is 11.8. The second-order valence-electron chi connectivity index (χ2n) is 5.06. The number of anilines is 1.